The number of nitrogens with one attached hydrogen (secondary N) is 2. The number of hydrogen-bond donors (Lipinski definition) is 2. The van der Waals surface area contributed by atoms with Crippen molar-refractivity contribution in [2.45, 2.75) is 66.3 Å². The zero-order chi connectivity index (χ0) is 25.1. The topological polar surface area (TPSA) is 67.4 Å². The van der Waals surface area contributed by atoms with Crippen LogP contribution in [0.5, 0.6) is 5.75 Å². The van der Waals surface area contributed by atoms with Crippen molar-refractivity contribution >= 4 is 23.1 Å². The SMILES string of the molecule is COc1ccc2c(c1)C(=CC(=O)c1ccc(NC(=O)CC(C)CC(C)(C)C)cc1)NC(C)(C)C2. The number of benzene rings is 2. The molecule has 0 spiro atoms. The molecule has 0 radical (unpaired) electrons. The zero-order valence-electron chi connectivity index (χ0n) is 21.5. The molecule has 5 heteroatoms. The third-order valence-corrected chi connectivity index (χ3v) is 5.94. The fourth-order valence-electron chi connectivity index (χ4n) is 4.73. The molecule has 0 saturated carbocycles. The Morgan fingerprint density at radius 2 is 1.82 bits per heavy atom. The van der Waals surface area contributed by atoms with E-state index in [1.165, 1.54) is 5.56 Å². The number of anilines is 1. The molecule has 1 heterocycles. The normalized spacial score (nSPS) is 16.9. The van der Waals surface area contributed by atoms with Crippen LogP contribution < -0.4 is 15.4 Å². The van der Waals surface area contributed by atoms with E-state index >= 15 is 0 Å². The Labute approximate surface area is 204 Å². The molecule has 0 fully saturated rings. The van der Waals surface area contributed by atoms with Gasteiger partial charge in [-0.15, -0.1) is 0 Å². The highest BCUT2D eigenvalue weighted by Gasteiger charge is 2.28. The molecule has 182 valence electrons. The molecule has 3 rings (SSSR count). The maximum Gasteiger partial charge on any atom is 0.224 e. The standard InChI is InChI=1S/C29H38N2O3/c1-19(17-28(2,3)4)14-27(33)30-22-11-8-20(9-12-22)26(32)16-25-24-15-23(34-7)13-10-21(24)18-29(5,6)31-25/h8-13,15-16,19,31H,14,17-18H2,1-7H3,(H,30,33). The second kappa shape index (κ2) is 10.0. The highest BCUT2D eigenvalue weighted by molar-refractivity contribution is 6.09. The maximum absolute atomic E-state index is 13.1. The van der Waals surface area contributed by atoms with Gasteiger partial charge in [0.2, 0.25) is 5.91 Å². The highest BCUT2D eigenvalue weighted by atomic mass is 16.5. The molecular formula is C29H38N2O3. The van der Waals surface area contributed by atoms with Gasteiger partial charge in [-0.25, -0.2) is 0 Å². The summed E-state index contributed by atoms with van der Waals surface area (Å²) in [5, 5.41) is 6.45. The molecule has 0 bridgehead atoms. The fourth-order valence-corrected chi connectivity index (χ4v) is 4.73. The first-order valence-corrected chi connectivity index (χ1v) is 12.0. The van der Waals surface area contributed by atoms with E-state index in [2.05, 4.69) is 58.2 Å². The Morgan fingerprint density at radius 1 is 1.15 bits per heavy atom. The summed E-state index contributed by atoms with van der Waals surface area (Å²) in [6, 6.07) is 13.1. The quantitative estimate of drug-likeness (QED) is 0.377. The molecule has 0 aliphatic carbocycles. The van der Waals surface area contributed by atoms with E-state index in [0.717, 1.165) is 29.9 Å². The van der Waals surface area contributed by atoms with Gasteiger partial charge < -0.3 is 15.4 Å². The van der Waals surface area contributed by atoms with Crippen LogP contribution in [0.15, 0.2) is 48.5 Å². The number of rotatable bonds is 7. The molecular weight excluding hydrogens is 424 g/mol. The molecule has 1 aliphatic heterocycles. The lowest BCUT2D eigenvalue weighted by Crippen LogP contribution is -2.43. The first kappa shape index (κ1) is 25.5. The van der Waals surface area contributed by atoms with Gasteiger partial charge in [-0.05, 0) is 80.0 Å². The van der Waals surface area contributed by atoms with Gasteiger partial charge in [0.1, 0.15) is 5.75 Å². The second-order valence-corrected chi connectivity index (χ2v) is 11.3. The van der Waals surface area contributed by atoms with Gasteiger partial charge in [-0.1, -0.05) is 33.8 Å². The average molecular weight is 463 g/mol. The number of methoxy groups -OCH3 is 1. The van der Waals surface area contributed by atoms with Crippen LogP contribution in [0.3, 0.4) is 0 Å². The van der Waals surface area contributed by atoms with E-state index in [1.807, 2.05) is 12.1 Å². The summed E-state index contributed by atoms with van der Waals surface area (Å²) in [7, 11) is 1.64. The molecule has 0 saturated heterocycles. The van der Waals surface area contributed by atoms with Crippen LogP contribution in [0.1, 0.15) is 75.9 Å². The zero-order valence-corrected chi connectivity index (χ0v) is 21.5. The largest absolute Gasteiger partial charge is 0.497 e. The molecule has 1 atom stereocenters. The number of carbonyl (C=O) groups is 2. The Morgan fingerprint density at radius 3 is 2.44 bits per heavy atom. The lowest BCUT2D eigenvalue weighted by molar-refractivity contribution is -0.117. The molecule has 1 unspecified atom stereocenters. The van der Waals surface area contributed by atoms with Crippen molar-refractivity contribution in [1.82, 2.24) is 5.32 Å². The summed E-state index contributed by atoms with van der Waals surface area (Å²) in [5.74, 6) is 0.972. The number of hydrogen-bond acceptors (Lipinski definition) is 4. The monoisotopic (exact) mass is 462 g/mol. The van der Waals surface area contributed by atoms with Crippen molar-refractivity contribution in [3.8, 4) is 5.75 Å². The Hall–Kier alpha value is -3.08. The third kappa shape index (κ3) is 6.96. The van der Waals surface area contributed by atoms with E-state index in [-0.39, 0.29) is 22.6 Å². The van der Waals surface area contributed by atoms with Crippen LogP contribution in [0, 0.1) is 11.3 Å². The van der Waals surface area contributed by atoms with Crippen molar-refractivity contribution in [3.05, 3.63) is 65.2 Å². The van der Waals surface area contributed by atoms with Crippen LogP contribution in [0.25, 0.3) is 5.70 Å². The smallest absolute Gasteiger partial charge is 0.224 e. The van der Waals surface area contributed by atoms with E-state index < -0.39 is 0 Å². The molecule has 1 aliphatic rings. The number of allylic oxidation sites excluding steroid dienone is 1. The minimum atomic E-state index is -0.161. The van der Waals surface area contributed by atoms with Gasteiger partial charge in [-0.2, -0.15) is 0 Å². The number of ketones is 1. The van der Waals surface area contributed by atoms with Crippen molar-refractivity contribution in [2.75, 3.05) is 12.4 Å². The number of carbonyl (C=O) groups excluding carboxylic acids is 2. The minimum absolute atomic E-state index is 0.00265. The molecule has 2 N–H and O–H groups in total. The van der Waals surface area contributed by atoms with Gasteiger partial charge in [0, 0.05) is 40.5 Å². The summed E-state index contributed by atoms with van der Waals surface area (Å²) in [4.78, 5) is 25.5. The van der Waals surface area contributed by atoms with E-state index in [1.54, 1.807) is 37.5 Å². The lowest BCUT2D eigenvalue weighted by atomic mass is 9.84. The minimum Gasteiger partial charge on any atom is -0.497 e. The van der Waals surface area contributed by atoms with Crippen molar-refractivity contribution < 1.29 is 14.3 Å². The fraction of sp³-hybridized carbons (Fsp3) is 0.448. The predicted molar refractivity (Wildman–Crippen MR) is 139 cm³/mol. The Balaban J connectivity index is 1.72. The van der Waals surface area contributed by atoms with Crippen LogP contribution in [-0.2, 0) is 11.2 Å². The van der Waals surface area contributed by atoms with Crippen LogP contribution >= 0.6 is 0 Å². The van der Waals surface area contributed by atoms with Gasteiger partial charge in [-0.3, -0.25) is 9.59 Å². The highest BCUT2D eigenvalue weighted by Crippen LogP contribution is 2.32. The molecule has 34 heavy (non-hydrogen) atoms. The second-order valence-electron chi connectivity index (χ2n) is 11.3. The van der Waals surface area contributed by atoms with Crippen molar-refractivity contribution in [2.24, 2.45) is 11.3 Å². The van der Waals surface area contributed by atoms with Gasteiger partial charge >= 0.3 is 0 Å². The average Bonchev–Trinajstić information content (AvgIpc) is 2.71. The summed E-state index contributed by atoms with van der Waals surface area (Å²) < 4.78 is 5.39. The maximum atomic E-state index is 13.1. The summed E-state index contributed by atoms with van der Waals surface area (Å²) in [6.45, 7) is 12.9. The van der Waals surface area contributed by atoms with Crippen molar-refractivity contribution in [1.29, 1.82) is 0 Å². The Bertz CT molecular complexity index is 1080. The van der Waals surface area contributed by atoms with Crippen LogP contribution in [0.2, 0.25) is 0 Å². The van der Waals surface area contributed by atoms with Gasteiger partial charge in [0.15, 0.2) is 5.78 Å². The molecule has 2 aromatic carbocycles. The van der Waals surface area contributed by atoms with Crippen molar-refractivity contribution in [3.63, 3.8) is 0 Å². The lowest BCUT2D eigenvalue weighted by Gasteiger charge is -2.35. The first-order chi connectivity index (χ1) is 15.8. The predicted octanol–water partition coefficient (Wildman–Crippen LogP) is 6.24. The number of fused-ring (bicyclic) bond motifs is 1. The number of amides is 1. The van der Waals surface area contributed by atoms with Gasteiger partial charge in [0.05, 0.1) is 7.11 Å². The van der Waals surface area contributed by atoms with Crippen LogP contribution in [0.4, 0.5) is 5.69 Å². The van der Waals surface area contributed by atoms with Crippen LogP contribution in [-0.4, -0.2) is 24.3 Å². The van der Waals surface area contributed by atoms with E-state index in [4.69, 9.17) is 4.74 Å². The van der Waals surface area contributed by atoms with E-state index in [9.17, 15) is 9.59 Å². The summed E-state index contributed by atoms with van der Waals surface area (Å²) >= 11 is 0. The molecule has 1 amide bonds. The summed E-state index contributed by atoms with van der Waals surface area (Å²) in [5.41, 5.74) is 4.27. The van der Waals surface area contributed by atoms with Gasteiger partial charge in [0.25, 0.3) is 0 Å². The molecule has 2 aromatic rings. The molecule has 0 aromatic heterocycles. The van der Waals surface area contributed by atoms with E-state index in [0.29, 0.717) is 23.6 Å². The first-order valence-electron chi connectivity index (χ1n) is 12.0. The third-order valence-electron chi connectivity index (χ3n) is 5.94. The molecule has 5 nitrogen and oxygen atoms in total. The summed E-state index contributed by atoms with van der Waals surface area (Å²) in [6.07, 6.45) is 3.98. The number of ether oxygens (including phenoxy) is 1. The Kier molecular flexibility index (Phi) is 7.54.